The second kappa shape index (κ2) is 10.1. The number of rotatable bonds is 8. The average Bonchev–Trinajstić information content (AvgIpc) is 3.55. The Hall–Kier alpha value is -3.52. The number of phenolic OH excluding ortho intramolecular Hbond substituents is 1. The van der Waals surface area contributed by atoms with E-state index in [1.54, 1.807) is 24.7 Å². The summed E-state index contributed by atoms with van der Waals surface area (Å²) in [6, 6.07) is 3.41. The van der Waals surface area contributed by atoms with Crippen LogP contribution in [0.15, 0.2) is 47.8 Å². The second-order valence-corrected chi connectivity index (χ2v) is 12.1. The highest BCUT2D eigenvalue weighted by atomic mass is 16.5. The first-order valence-corrected chi connectivity index (χ1v) is 14.3. The van der Waals surface area contributed by atoms with E-state index in [2.05, 4.69) is 25.3 Å². The number of phenols is 1. The van der Waals surface area contributed by atoms with Gasteiger partial charge < -0.3 is 23.9 Å². The van der Waals surface area contributed by atoms with Gasteiger partial charge in [-0.2, -0.15) is 0 Å². The number of nitrogens with zero attached hydrogens (tertiary/aromatic N) is 2. The van der Waals surface area contributed by atoms with E-state index < -0.39 is 5.97 Å². The van der Waals surface area contributed by atoms with Crippen LogP contribution in [0.2, 0.25) is 0 Å². The zero-order chi connectivity index (χ0) is 28.2. The summed E-state index contributed by atoms with van der Waals surface area (Å²) in [6.45, 7) is 11.9. The summed E-state index contributed by atoms with van der Waals surface area (Å²) in [5.74, 6) is 0.976. The standard InChI is InChI=1S/C32H38N2O6/c1-5-12-33-13-11-32-23-7-8-24(34(17-19(2)3)28(37)9-6-21-10-14-38-18-21)31(32)40-30-26(36)16-27(39-20(4)35)22(29(30)32)15-25(23)33/h5-6,9-10,14,16,18-19,23-25,31,36H,1,7-8,11-13,15,17H2,2-4H3/t23-,24+,25+,31+,32-/m0/s1. The van der Waals surface area contributed by atoms with Crippen molar-refractivity contribution in [2.75, 3.05) is 19.6 Å². The molecular formula is C32H38N2O6. The molecule has 1 saturated heterocycles. The third kappa shape index (κ3) is 4.15. The first-order valence-electron chi connectivity index (χ1n) is 14.3. The lowest BCUT2D eigenvalue weighted by molar-refractivity contribution is -0.138. The fourth-order valence-electron chi connectivity index (χ4n) is 8.02. The average molecular weight is 547 g/mol. The number of piperidine rings is 1. The van der Waals surface area contributed by atoms with E-state index in [0.717, 1.165) is 49.0 Å². The largest absolute Gasteiger partial charge is 0.504 e. The van der Waals surface area contributed by atoms with Gasteiger partial charge in [0.1, 0.15) is 11.9 Å². The number of hydrogen-bond acceptors (Lipinski definition) is 7. The molecule has 1 aromatic carbocycles. The summed E-state index contributed by atoms with van der Waals surface area (Å²) in [7, 11) is 0. The first-order chi connectivity index (χ1) is 19.2. The molecule has 2 aliphatic carbocycles. The van der Waals surface area contributed by atoms with Crippen LogP contribution in [0.5, 0.6) is 17.2 Å². The van der Waals surface area contributed by atoms with Crippen molar-refractivity contribution in [3.05, 3.63) is 60.1 Å². The van der Waals surface area contributed by atoms with Crippen LogP contribution < -0.4 is 9.47 Å². The van der Waals surface area contributed by atoms with Gasteiger partial charge in [0.2, 0.25) is 5.91 Å². The molecule has 5 atom stereocenters. The first kappa shape index (κ1) is 26.7. The van der Waals surface area contributed by atoms with Crippen LogP contribution in [0, 0.1) is 11.8 Å². The van der Waals surface area contributed by atoms with Gasteiger partial charge >= 0.3 is 5.97 Å². The van der Waals surface area contributed by atoms with Crippen molar-refractivity contribution >= 4 is 18.0 Å². The fraction of sp³-hybridized carbons (Fsp3) is 0.500. The molecule has 3 heterocycles. The Labute approximate surface area is 235 Å². The number of carbonyl (C=O) groups is 2. The van der Waals surface area contributed by atoms with Crippen LogP contribution in [0.1, 0.15) is 56.7 Å². The number of esters is 1. The van der Waals surface area contributed by atoms with Crippen LogP contribution in [0.4, 0.5) is 0 Å². The van der Waals surface area contributed by atoms with E-state index in [4.69, 9.17) is 13.9 Å². The maximum Gasteiger partial charge on any atom is 0.308 e. The van der Waals surface area contributed by atoms with Gasteiger partial charge in [0, 0.05) is 60.3 Å². The SMILES string of the molecule is C=CCN1CC[C@]23c4c5c(OC(C)=O)cc(O)c4O[C@@H]2[C@H](N(CC(C)C)C(=O)C=Cc2ccoc2)CC[C@H]3[C@H]1C5. The fourth-order valence-corrected chi connectivity index (χ4v) is 8.02. The third-order valence-electron chi connectivity index (χ3n) is 9.31. The number of amides is 1. The van der Waals surface area contributed by atoms with Gasteiger partial charge in [0.25, 0.3) is 0 Å². The molecular weight excluding hydrogens is 508 g/mol. The molecule has 2 fully saturated rings. The third-order valence-corrected chi connectivity index (χ3v) is 9.31. The van der Waals surface area contributed by atoms with Crippen LogP contribution in [-0.2, 0) is 21.4 Å². The van der Waals surface area contributed by atoms with Gasteiger partial charge in [-0.3, -0.25) is 14.5 Å². The predicted octanol–water partition coefficient (Wildman–Crippen LogP) is 4.70. The molecule has 2 aliphatic heterocycles. The van der Waals surface area contributed by atoms with E-state index in [-0.39, 0.29) is 41.2 Å². The smallest absolute Gasteiger partial charge is 0.308 e. The van der Waals surface area contributed by atoms with E-state index >= 15 is 0 Å². The quantitative estimate of drug-likeness (QED) is 0.222. The number of carbonyl (C=O) groups excluding carboxylic acids is 2. The molecule has 4 aliphatic rings. The van der Waals surface area contributed by atoms with Crippen molar-refractivity contribution in [2.45, 2.75) is 70.1 Å². The van der Waals surface area contributed by atoms with Gasteiger partial charge in [0.15, 0.2) is 11.5 Å². The van der Waals surface area contributed by atoms with E-state index in [1.165, 1.54) is 13.0 Å². The monoisotopic (exact) mass is 546 g/mol. The van der Waals surface area contributed by atoms with Crippen LogP contribution in [-0.4, -0.2) is 64.6 Å². The van der Waals surface area contributed by atoms with E-state index in [1.807, 2.05) is 17.0 Å². The van der Waals surface area contributed by atoms with Crippen molar-refractivity contribution in [3.8, 4) is 17.2 Å². The number of furan rings is 1. The van der Waals surface area contributed by atoms with Crippen molar-refractivity contribution in [2.24, 2.45) is 11.8 Å². The summed E-state index contributed by atoms with van der Waals surface area (Å²) >= 11 is 0. The van der Waals surface area contributed by atoms with Gasteiger partial charge in [0.05, 0.1) is 18.6 Å². The lowest BCUT2D eigenvalue weighted by Gasteiger charge is -2.60. The molecule has 8 heteroatoms. The maximum atomic E-state index is 13.8. The number of hydrogen-bond donors (Lipinski definition) is 1. The Bertz CT molecular complexity index is 1350. The molecule has 0 radical (unpaired) electrons. The van der Waals surface area contributed by atoms with Crippen molar-refractivity contribution in [3.63, 3.8) is 0 Å². The molecule has 212 valence electrons. The summed E-state index contributed by atoms with van der Waals surface area (Å²) in [4.78, 5) is 30.3. The second-order valence-electron chi connectivity index (χ2n) is 12.1. The summed E-state index contributed by atoms with van der Waals surface area (Å²) in [6.07, 6.45) is 11.6. The van der Waals surface area contributed by atoms with Crippen molar-refractivity contribution in [1.29, 1.82) is 0 Å². The normalized spacial score (nSPS) is 28.3. The van der Waals surface area contributed by atoms with Crippen LogP contribution in [0.3, 0.4) is 0 Å². The number of ether oxygens (including phenoxy) is 2. The van der Waals surface area contributed by atoms with Gasteiger partial charge in [-0.1, -0.05) is 19.9 Å². The zero-order valence-corrected chi connectivity index (χ0v) is 23.5. The molecule has 1 N–H and O–H groups in total. The number of aromatic hydroxyl groups is 1. The number of likely N-dealkylation sites (tertiary alicyclic amines) is 1. The molecule has 1 amide bonds. The Morgan fingerprint density at radius 2 is 2.17 bits per heavy atom. The highest BCUT2D eigenvalue weighted by Gasteiger charge is 2.67. The maximum absolute atomic E-state index is 13.8. The molecule has 40 heavy (non-hydrogen) atoms. The van der Waals surface area contributed by atoms with Crippen molar-refractivity contribution < 1.29 is 28.6 Å². The molecule has 1 spiro atoms. The summed E-state index contributed by atoms with van der Waals surface area (Å²) < 4.78 is 17.6. The highest BCUT2D eigenvalue weighted by molar-refractivity contribution is 5.92. The van der Waals surface area contributed by atoms with Crippen LogP contribution >= 0.6 is 0 Å². The van der Waals surface area contributed by atoms with E-state index in [0.29, 0.717) is 30.4 Å². The molecule has 1 saturated carbocycles. The Morgan fingerprint density at radius 3 is 2.88 bits per heavy atom. The topological polar surface area (TPSA) is 92.5 Å². The molecule has 0 unspecified atom stereocenters. The Morgan fingerprint density at radius 1 is 1.35 bits per heavy atom. The Balaban J connectivity index is 1.45. The minimum atomic E-state index is -0.418. The van der Waals surface area contributed by atoms with Crippen molar-refractivity contribution in [1.82, 2.24) is 9.80 Å². The molecule has 2 aromatic rings. The zero-order valence-electron chi connectivity index (χ0n) is 23.5. The molecule has 8 nitrogen and oxygen atoms in total. The highest BCUT2D eigenvalue weighted by Crippen LogP contribution is 2.65. The predicted molar refractivity (Wildman–Crippen MR) is 150 cm³/mol. The summed E-state index contributed by atoms with van der Waals surface area (Å²) in [5, 5.41) is 11.2. The molecule has 6 rings (SSSR count). The number of benzene rings is 1. The minimum Gasteiger partial charge on any atom is -0.504 e. The Kier molecular flexibility index (Phi) is 6.77. The van der Waals surface area contributed by atoms with E-state index in [9.17, 15) is 14.7 Å². The minimum absolute atomic E-state index is 0.00941. The lowest BCUT2D eigenvalue weighted by atomic mass is 9.50. The van der Waals surface area contributed by atoms with Gasteiger partial charge in [-0.15, -0.1) is 6.58 Å². The molecule has 2 bridgehead atoms. The van der Waals surface area contributed by atoms with Gasteiger partial charge in [-0.05, 0) is 56.2 Å². The summed E-state index contributed by atoms with van der Waals surface area (Å²) in [5.41, 5.74) is 2.39. The molecule has 1 aromatic heterocycles. The van der Waals surface area contributed by atoms with Crippen LogP contribution in [0.25, 0.3) is 6.08 Å². The lowest BCUT2D eigenvalue weighted by Crippen LogP contribution is -2.69. The van der Waals surface area contributed by atoms with Gasteiger partial charge in [-0.25, -0.2) is 0 Å².